The van der Waals surface area contributed by atoms with Crippen LogP contribution in [0.3, 0.4) is 0 Å². The molecule has 0 fully saturated rings. The summed E-state index contributed by atoms with van der Waals surface area (Å²) in [5.74, 6) is 1.37. The van der Waals surface area contributed by atoms with Gasteiger partial charge in [0.25, 0.3) is 0 Å². The Balaban J connectivity index is 0.00000220. The van der Waals surface area contributed by atoms with Crippen LogP contribution in [0, 0.1) is 0 Å². The standard InChI is InChI=1S/C16H20N2O2.ClH/c1-19-15-8-7-13(14(18)10-17)9-16(15)20-11-12-5-3-2-4-6-12;/h2-9,14H,10-11,17-18H2,1H3;1H/t14-;/m0./s1. The van der Waals surface area contributed by atoms with Crippen molar-refractivity contribution in [2.45, 2.75) is 12.6 Å². The van der Waals surface area contributed by atoms with Gasteiger partial charge in [0.2, 0.25) is 0 Å². The Labute approximate surface area is 131 Å². The number of halogens is 1. The summed E-state index contributed by atoms with van der Waals surface area (Å²) in [5.41, 5.74) is 13.6. The molecule has 0 spiro atoms. The van der Waals surface area contributed by atoms with Gasteiger partial charge in [-0.1, -0.05) is 36.4 Å². The van der Waals surface area contributed by atoms with Gasteiger partial charge in [0.1, 0.15) is 6.61 Å². The molecule has 0 heterocycles. The lowest BCUT2D eigenvalue weighted by Gasteiger charge is -2.15. The maximum Gasteiger partial charge on any atom is 0.161 e. The van der Waals surface area contributed by atoms with Crippen LogP contribution in [0.5, 0.6) is 11.5 Å². The van der Waals surface area contributed by atoms with Gasteiger partial charge in [-0.25, -0.2) is 0 Å². The van der Waals surface area contributed by atoms with Crippen LogP contribution < -0.4 is 20.9 Å². The van der Waals surface area contributed by atoms with Gasteiger partial charge in [-0.3, -0.25) is 0 Å². The highest BCUT2D eigenvalue weighted by Crippen LogP contribution is 2.30. The van der Waals surface area contributed by atoms with Gasteiger partial charge in [0.15, 0.2) is 11.5 Å². The van der Waals surface area contributed by atoms with Crippen LogP contribution in [0.25, 0.3) is 0 Å². The average molecular weight is 309 g/mol. The van der Waals surface area contributed by atoms with Crippen LogP contribution in [-0.2, 0) is 6.61 Å². The molecule has 0 saturated heterocycles. The van der Waals surface area contributed by atoms with E-state index in [0.717, 1.165) is 11.1 Å². The fourth-order valence-electron chi connectivity index (χ4n) is 1.91. The van der Waals surface area contributed by atoms with Gasteiger partial charge in [-0.2, -0.15) is 0 Å². The fraction of sp³-hybridized carbons (Fsp3) is 0.250. The lowest BCUT2D eigenvalue weighted by atomic mass is 10.1. The van der Waals surface area contributed by atoms with Crippen LogP contribution in [0.15, 0.2) is 48.5 Å². The largest absolute Gasteiger partial charge is 0.493 e. The molecule has 2 aromatic carbocycles. The molecule has 5 heteroatoms. The van der Waals surface area contributed by atoms with Crippen molar-refractivity contribution in [2.75, 3.05) is 13.7 Å². The molecule has 4 N–H and O–H groups in total. The number of ether oxygens (including phenoxy) is 2. The first-order valence-corrected chi connectivity index (χ1v) is 6.55. The molecule has 0 amide bonds. The smallest absolute Gasteiger partial charge is 0.161 e. The van der Waals surface area contributed by atoms with E-state index < -0.39 is 0 Å². The SMILES string of the molecule is COc1ccc([C@@H](N)CN)cc1OCc1ccccc1.Cl. The van der Waals surface area contributed by atoms with E-state index in [9.17, 15) is 0 Å². The molecule has 0 aromatic heterocycles. The van der Waals surface area contributed by atoms with Crippen molar-refractivity contribution in [3.8, 4) is 11.5 Å². The summed E-state index contributed by atoms with van der Waals surface area (Å²) in [4.78, 5) is 0. The number of nitrogens with two attached hydrogens (primary N) is 2. The van der Waals surface area contributed by atoms with E-state index in [1.165, 1.54) is 0 Å². The predicted molar refractivity (Wildman–Crippen MR) is 87.0 cm³/mol. The third-order valence-electron chi connectivity index (χ3n) is 3.11. The Morgan fingerprint density at radius 2 is 1.76 bits per heavy atom. The molecule has 4 nitrogen and oxygen atoms in total. The zero-order valence-electron chi connectivity index (χ0n) is 12.0. The summed E-state index contributed by atoms with van der Waals surface area (Å²) in [5, 5.41) is 0. The highest BCUT2D eigenvalue weighted by atomic mass is 35.5. The third kappa shape index (κ3) is 4.63. The number of hydrogen-bond donors (Lipinski definition) is 2. The summed E-state index contributed by atoms with van der Waals surface area (Å²) in [6, 6.07) is 15.4. The molecule has 2 aromatic rings. The number of benzene rings is 2. The van der Waals surface area contributed by atoms with Crippen molar-refractivity contribution >= 4 is 12.4 Å². The minimum Gasteiger partial charge on any atom is -0.493 e. The first-order valence-electron chi connectivity index (χ1n) is 6.55. The molecule has 0 radical (unpaired) electrons. The highest BCUT2D eigenvalue weighted by molar-refractivity contribution is 5.85. The molecule has 0 aliphatic rings. The van der Waals surface area contributed by atoms with Crippen molar-refractivity contribution in [1.82, 2.24) is 0 Å². The van der Waals surface area contributed by atoms with Crippen LogP contribution in [0.2, 0.25) is 0 Å². The van der Waals surface area contributed by atoms with Gasteiger partial charge in [-0.05, 0) is 23.3 Å². The highest BCUT2D eigenvalue weighted by Gasteiger charge is 2.10. The number of hydrogen-bond acceptors (Lipinski definition) is 4. The van der Waals surface area contributed by atoms with Gasteiger partial charge in [-0.15, -0.1) is 12.4 Å². The van der Waals surface area contributed by atoms with E-state index in [2.05, 4.69) is 0 Å². The molecular weight excluding hydrogens is 288 g/mol. The molecule has 0 aliphatic heterocycles. The van der Waals surface area contributed by atoms with Crippen LogP contribution >= 0.6 is 12.4 Å². The molecule has 0 aliphatic carbocycles. The third-order valence-corrected chi connectivity index (χ3v) is 3.11. The first-order chi connectivity index (χ1) is 9.74. The van der Waals surface area contributed by atoms with Crippen molar-refractivity contribution in [3.63, 3.8) is 0 Å². The summed E-state index contributed by atoms with van der Waals surface area (Å²) < 4.78 is 11.1. The molecule has 0 bridgehead atoms. The first kappa shape index (κ1) is 17.3. The zero-order chi connectivity index (χ0) is 14.4. The second-order valence-electron chi connectivity index (χ2n) is 4.53. The van der Waals surface area contributed by atoms with Crippen molar-refractivity contribution in [2.24, 2.45) is 11.5 Å². The van der Waals surface area contributed by atoms with Crippen molar-refractivity contribution < 1.29 is 9.47 Å². The monoisotopic (exact) mass is 308 g/mol. The van der Waals surface area contributed by atoms with Gasteiger partial charge in [0.05, 0.1) is 7.11 Å². The molecule has 1 atom stereocenters. The minimum absolute atomic E-state index is 0. The molecule has 2 rings (SSSR count). The average Bonchev–Trinajstić information content (AvgIpc) is 2.52. The summed E-state index contributed by atoms with van der Waals surface area (Å²) in [6.45, 7) is 0.878. The number of rotatable bonds is 6. The molecule has 21 heavy (non-hydrogen) atoms. The molecule has 114 valence electrons. The Hall–Kier alpha value is -1.75. The Morgan fingerprint density at radius 3 is 2.38 bits per heavy atom. The Bertz CT molecular complexity index is 549. The summed E-state index contributed by atoms with van der Waals surface area (Å²) in [7, 11) is 1.62. The number of methoxy groups -OCH3 is 1. The molecule has 0 saturated carbocycles. The predicted octanol–water partition coefficient (Wildman–Crippen LogP) is 2.65. The van der Waals surface area contributed by atoms with Crippen molar-refractivity contribution in [3.05, 3.63) is 59.7 Å². The van der Waals surface area contributed by atoms with E-state index in [1.54, 1.807) is 7.11 Å². The van der Waals surface area contributed by atoms with E-state index in [0.29, 0.717) is 24.7 Å². The van der Waals surface area contributed by atoms with E-state index in [-0.39, 0.29) is 18.4 Å². The van der Waals surface area contributed by atoms with Crippen LogP contribution in [-0.4, -0.2) is 13.7 Å². The normalized spacial score (nSPS) is 11.4. The van der Waals surface area contributed by atoms with Crippen LogP contribution in [0.4, 0.5) is 0 Å². The lowest BCUT2D eigenvalue weighted by molar-refractivity contribution is 0.284. The van der Waals surface area contributed by atoms with Crippen molar-refractivity contribution in [1.29, 1.82) is 0 Å². The Morgan fingerprint density at radius 1 is 1.05 bits per heavy atom. The van der Waals surface area contributed by atoms with Crippen LogP contribution in [0.1, 0.15) is 17.2 Å². The van der Waals surface area contributed by atoms with E-state index in [1.807, 2.05) is 48.5 Å². The molecule has 0 unspecified atom stereocenters. The molecular formula is C16H21ClN2O2. The summed E-state index contributed by atoms with van der Waals surface area (Å²) in [6.07, 6.45) is 0. The Kier molecular flexibility index (Phi) is 7.02. The van der Waals surface area contributed by atoms with Gasteiger partial charge >= 0.3 is 0 Å². The zero-order valence-corrected chi connectivity index (χ0v) is 12.8. The summed E-state index contributed by atoms with van der Waals surface area (Å²) >= 11 is 0. The van der Waals surface area contributed by atoms with Gasteiger partial charge in [0, 0.05) is 12.6 Å². The quantitative estimate of drug-likeness (QED) is 0.860. The maximum atomic E-state index is 5.94. The van der Waals surface area contributed by atoms with E-state index in [4.69, 9.17) is 20.9 Å². The minimum atomic E-state index is -0.194. The fourth-order valence-corrected chi connectivity index (χ4v) is 1.91. The van der Waals surface area contributed by atoms with Gasteiger partial charge < -0.3 is 20.9 Å². The van der Waals surface area contributed by atoms with E-state index >= 15 is 0 Å². The topological polar surface area (TPSA) is 70.5 Å². The second-order valence-corrected chi connectivity index (χ2v) is 4.53. The second kappa shape index (κ2) is 8.52. The lowest BCUT2D eigenvalue weighted by Crippen LogP contribution is -2.20. The maximum absolute atomic E-state index is 5.94.